The molecule has 3 nitrogen and oxygen atoms in total. The maximum Gasteiger partial charge on any atom is 0.256 e. The Labute approximate surface area is 137 Å². The number of halogens is 1. The van der Waals surface area contributed by atoms with Crippen molar-refractivity contribution in [3.8, 4) is 0 Å². The summed E-state index contributed by atoms with van der Waals surface area (Å²) in [5.41, 5.74) is 7.34. The number of nitrogens with one attached hydrogen (secondary N) is 1. The molecule has 0 aromatic heterocycles. The van der Waals surface area contributed by atoms with Gasteiger partial charge in [-0.25, -0.2) is 0 Å². The van der Waals surface area contributed by atoms with Crippen LogP contribution in [0.3, 0.4) is 0 Å². The number of carbonyl (C=O) groups is 1. The summed E-state index contributed by atoms with van der Waals surface area (Å²) in [6.07, 6.45) is 1.92. The third-order valence-corrected chi connectivity index (χ3v) is 4.21. The Morgan fingerprint density at radius 2 is 2.00 bits per heavy atom. The zero-order valence-electron chi connectivity index (χ0n) is 11.2. The Morgan fingerprint density at radius 1 is 1.29 bits per heavy atom. The fraction of sp³-hybridized carbons (Fsp3) is 0.0667. The number of nitrogens with two attached hydrogens (primary N) is 1. The van der Waals surface area contributed by atoms with E-state index in [1.54, 1.807) is 24.3 Å². The quantitative estimate of drug-likeness (QED) is 0.655. The first-order chi connectivity index (χ1) is 10.0. The Hall–Kier alpha value is -1.56. The fourth-order valence-corrected chi connectivity index (χ4v) is 2.68. The third-order valence-electron chi connectivity index (χ3n) is 2.85. The molecule has 0 aliphatic heterocycles. The smallest absolute Gasteiger partial charge is 0.256 e. The largest absolute Gasteiger partial charge is 0.389 e. The van der Waals surface area contributed by atoms with Crippen molar-refractivity contribution < 1.29 is 4.79 Å². The molecule has 0 radical (unpaired) electrons. The summed E-state index contributed by atoms with van der Waals surface area (Å²) in [5, 5.41) is 3.23. The summed E-state index contributed by atoms with van der Waals surface area (Å²) < 4.78 is 0. The summed E-state index contributed by atoms with van der Waals surface area (Å²) in [6, 6.07) is 12.4. The lowest BCUT2D eigenvalue weighted by atomic mass is 10.1. The first-order valence-corrected chi connectivity index (χ1v) is 8.07. The van der Waals surface area contributed by atoms with Crippen molar-refractivity contribution in [3.05, 3.63) is 58.6 Å². The summed E-state index contributed by atoms with van der Waals surface area (Å²) in [7, 11) is 0. The predicted molar refractivity (Wildman–Crippen MR) is 93.5 cm³/mol. The van der Waals surface area contributed by atoms with Crippen LogP contribution >= 0.6 is 35.6 Å². The Balaban J connectivity index is 2.31. The molecular formula is C15H13ClN2OS2. The monoisotopic (exact) mass is 336 g/mol. The number of hydrogen-bond donors (Lipinski definition) is 2. The minimum absolute atomic E-state index is 0.220. The number of anilines is 1. The molecule has 108 valence electrons. The molecule has 0 unspecified atom stereocenters. The third kappa shape index (κ3) is 3.75. The first kappa shape index (κ1) is 15.8. The predicted octanol–water partition coefficient (Wildman–Crippen LogP) is 3.95. The van der Waals surface area contributed by atoms with Crippen molar-refractivity contribution >= 4 is 52.2 Å². The second-order valence-electron chi connectivity index (χ2n) is 4.21. The lowest BCUT2D eigenvalue weighted by Crippen LogP contribution is -2.15. The number of thiocarbonyl (C=S) groups is 1. The minimum atomic E-state index is -0.220. The highest BCUT2D eigenvalue weighted by atomic mass is 35.5. The lowest BCUT2D eigenvalue weighted by Gasteiger charge is -2.11. The maximum atomic E-state index is 12.4. The van der Waals surface area contributed by atoms with E-state index in [-0.39, 0.29) is 10.9 Å². The number of benzene rings is 2. The van der Waals surface area contributed by atoms with Gasteiger partial charge in [0.1, 0.15) is 4.99 Å². The van der Waals surface area contributed by atoms with Crippen LogP contribution in [0.15, 0.2) is 47.4 Å². The molecule has 0 saturated heterocycles. The molecule has 6 heteroatoms. The van der Waals surface area contributed by atoms with Gasteiger partial charge in [0.2, 0.25) is 0 Å². The first-order valence-electron chi connectivity index (χ1n) is 6.06. The summed E-state index contributed by atoms with van der Waals surface area (Å²) in [4.78, 5) is 13.5. The van der Waals surface area contributed by atoms with Crippen LogP contribution in [0.25, 0.3) is 0 Å². The zero-order chi connectivity index (χ0) is 15.4. The lowest BCUT2D eigenvalue weighted by molar-refractivity contribution is 0.102. The zero-order valence-corrected chi connectivity index (χ0v) is 13.6. The Kier molecular flexibility index (Phi) is 5.22. The second kappa shape index (κ2) is 6.93. The van der Waals surface area contributed by atoms with E-state index < -0.39 is 0 Å². The molecule has 1 amide bonds. The maximum absolute atomic E-state index is 12.4. The number of amides is 1. The summed E-state index contributed by atoms with van der Waals surface area (Å²) in [5.74, 6) is -0.220. The molecule has 0 spiro atoms. The molecule has 0 bridgehead atoms. The number of hydrogen-bond acceptors (Lipinski definition) is 3. The van der Waals surface area contributed by atoms with Crippen molar-refractivity contribution in [2.75, 3.05) is 11.6 Å². The molecule has 21 heavy (non-hydrogen) atoms. The molecule has 3 N–H and O–H groups in total. The average Bonchev–Trinajstić information content (AvgIpc) is 2.49. The SMILES string of the molecule is CSc1ccccc1C(=O)Nc1cc(C(N)=S)ccc1Cl. The van der Waals surface area contributed by atoms with Gasteiger partial charge in [-0.3, -0.25) is 4.79 Å². The standard InChI is InChI=1S/C15H13ClN2OS2/c1-21-13-5-3-2-4-10(13)15(19)18-12-8-9(14(17)20)6-7-11(12)16/h2-8H,1H3,(H2,17,20)(H,18,19). The molecular weight excluding hydrogens is 324 g/mol. The molecule has 2 aromatic rings. The number of carbonyl (C=O) groups excluding carboxylic acids is 1. The van der Waals surface area contributed by atoms with Gasteiger partial charge in [0.25, 0.3) is 5.91 Å². The fourth-order valence-electron chi connectivity index (χ4n) is 1.80. The summed E-state index contributed by atoms with van der Waals surface area (Å²) >= 11 is 12.5. The minimum Gasteiger partial charge on any atom is -0.389 e. The molecule has 0 heterocycles. The van der Waals surface area contributed by atoms with Gasteiger partial charge in [-0.05, 0) is 30.5 Å². The van der Waals surface area contributed by atoms with Gasteiger partial charge in [0.15, 0.2) is 0 Å². The average molecular weight is 337 g/mol. The molecule has 0 saturated carbocycles. The van der Waals surface area contributed by atoms with E-state index in [1.165, 1.54) is 11.8 Å². The van der Waals surface area contributed by atoms with Gasteiger partial charge in [-0.1, -0.05) is 42.0 Å². The van der Waals surface area contributed by atoms with Crippen LogP contribution in [-0.2, 0) is 0 Å². The van der Waals surface area contributed by atoms with Gasteiger partial charge in [-0.15, -0.1) is 11.8 Å². The number of thioether (sulfide) groups is 1. The van der Waals surface area contributed by atoms with Gasteiger partial charge in [0.05, 0.1) is 16.3 Å². The summed E-state index contributed by atoms with van der Waals surface area (Å²) in [6.45, 7) is 0. The van der Waals surface area contributed by atoms with Crippen molar-refractivity contribution in [1.29, 1.82) is 0 Å². The molecule has 0 aliphatic rings. The van der Waals surface area contributed by atoms with Crippen LogP contribution in [0.5, 0.6) is 0 Å². The van der Waals surface area contributed by atoms with Crippen molar-refractivity contribution in [2.45, 2.75) is 4.90 Å². The van der Waals surface area contributed by atoms with Crippen molar-refractivity contribution in [1.82, 2.24) is 0 Å². The topological polar surface area (TPSA) is 55.1 Å². The van der Waals surface area contributed by atoms with Crippen LogP contribution in [-0.4, -0.2) is 17.2 Å². The highest BCUT2D eigenvalue weighted by Gasteiger charge is 2.13. The van der Waals surface area contributed by atoms with Crippen LogP contribution in [0.1, 0.15) is 15.9 Å². The molecule has 0 atom stereocenters. The van der Waals surface area contributed by atoms with Crippen LogP contribution < -0.4 is 11.1 Å². The molecule has 0 fully saturated rings. The van der Waals surface area contributed by atoms with Crippen molar-refractivity contribution in [2.24, 2.45) is 5.73 Å². The molecule has 0 aliphatic carbocycles. The van der Waals surface area contributed by atoms with E-state index in [2.05, 4.69) is 5.32 Å². The number of rotatable bonds is 4. The Morgan fingerprint density at radius 3 is 2.67 bits per heavy atom. The van der Waals surface area contributed by atoms with Crippen molar-refractivity contribution in [3.63, 3.8) is 0 Å². The second-order valence-corrected chi connectivity index (χ2v) is 5.91. The normalized spacial score (nSPS) is 10.2. The van der Waals surface area contributed by atoms with E-state index in [9.17, 15) is 4.79 Å². The van der Waals surface area contributed by atoms with Gasteiger partial charge < -0.3 is 11.1 Å². The highest BCUT2D eigenvalue weighted by molar-refractivity contribution is 7.98. The molecule has 2 aromatic carbocycles. The van der Waals surface area contributed by atoms with Crippen LogP contribution in [0.4, 0.5) is 5.69 Å². The van der Waals surface area contributed by atoms with Crippen LogP contribution in [0, 0.1) is 0 Å². The Bertz CT molecular complexity index is 704. The highest BCUT2D eigenvalue weighted by Crippen LogP contribution is 2.26. The van der Waals surface area contributed by atoms with E-state index >= 15 is 0 Å². The van der Waals surface area contributed by atoms with E-state index in [0.29, 0.717) is 21.8 Å². The van der Waals surface area contributed by atoms with E-state index in [4.69, 9.17) is 29.6 Å². The van der Waals surface area contributed by atoms with Gasteiger partial charge in [0, 0.05) is 10.5 Å². The van der Waals surface area contributed by atoms with Crippen LogP contribution in [0.2, 0.25) is 5.02 Å². The van der Waals surface area contributed by atoms with Gasteiger partial charge in [-0.2, -0.15) is 0 Å². The van der Waals surface area contributed by atoms with E-state index in [0.717, 1.165) is 4.90 Å². The van der Waals surface area contributed by atoms with Gasteiger partial charge >= 0.3 is 0 Å². The molecule has 2 rings (SSSR count). The van der Waals surface area contributed by atoms with E-state index in [1.807, 2.05) is 24.5 Å².